The Kier molecular flexibility index (Phi) is 8.15. The van der Waals surface area contributed by atoms with E-state index in [1.807, 2.05) is 60.7 Å². The van der Waals surface area contributed by atoms with Crippen LogP contribution in [0.15, 0.2) is 112 Å². The van der Waals surface area contributed by atoms with E-state index in [9.17, 15) is 14.4 Å². The number of nitrogens with zero attached hydrogens (tertiary/aromatic N) is 3. The smallest absolute Gasteiger partial charge is 0.338 e. The molecule has 3 aromatic heterocycles. The van der Waals surface area contributed by atoms with Crippen LogP contribution < -0.4 is 20.5 Å². The van der Waals surface area contributed by atoms with Gasteiger partial charge in [-0.25, -0.2) is 14.8 Å². The number of aromatic amines is 1. The van der Waals surface area contributed by atoms with Crippen molar-refractivity contribution in [2.75, 3.05) is 6.61 Å². The molecule has 0 bridgehead atoms. The second-order valence-electron chi connectivity index (χ2n) is 9.42. The van der Waals surface area contributed by atoms with Gasteiger partial charge in [0.25, 0.3) is 11.1 Å². The van der Waals surface area contributed by atoms with Gasteiger partial charge in [0.2, 0.25) is 0 Å². The molecule has 0 fully saturated rings. The molecule has 12 heteroatoms. The maximum atomic E-state index is 14.0. The van der Waals surface area contributed by atoms with Crippen LogP contribution in [0.1, 0.15) is 35.5 Å². The molecule has 0 spiro atoms. The van der Waals surface area contributed by atoms with Crippen LogP contribution in [-0.2, 0) is 9.53 Å². The van der Waals surface area contributed by atoms with Crippen LogP contribution in [0.25, 0.3) is 11.8 Å². The average molecular weight is 676 g/mol. The highest BCUT2D eigenvalue weighted by molar-refractivity contribution is 9.10. The minimum Gasteiger partial charge on any atom is -0.463 e. The molecule has 2 aromatic carbocycles. The molecule has 43 heavy (non-hydrogen) atoms. The fourth-order valence-electron chi connectivity index (χ4n) is 4.72. The minimum atomic E-state index is -0.757. The van der Waals surface area contributed by atoms with Gasteiger partial charge < -0.3 is 14.1 Å². The molecule has 0 unspecified atom stereocenters. The number of H-pyrrole nitrogens is 1. The van der Waals surface area contributed by atoms with E-state index in [1.54, 1.807) is 30.6 Å². The molecule has 1 atom stereocenters. The first-order valence-electron chi connectivity index (χ1n) is 13.2. The summed E-state index contributed by atoms with van der Waals surface area (Å²) < 4.78 is 14.1. The summed E-state index contributed by atoms with van der Waals surface area (Å²) in [6, 6.07) is 21.2. The number of thiazole rings is 1. The van der Waals surface area contributed by atoms with Crippen molar-refractivity contribution >= 4 is 56.8 Å². The monoisotopic (exact) mass is 674 g/mol. The van der Waals surface area contributed by atoms with Gasteiger partial charge in [-0.15, -0.1) is 0 Å². The summed E-state index contributed by atoms with van der Waals surface area (Å²) in [6.45, 7) is 3.66. The van der Waals surface area contributed by atoms with Crippen LogP contribution in [-0.4, -0.2) is 27.1 Å². The van der Waals surface area contributed by atoms with Crippen LogP contribution in [0.2, 0.25) is 0 Å². The molecule has 0 aliphatic carbocycles. The average Bonchev–Trinajstić information content (AvgIpc) is 3.49. The zero-order chi connectivity index (χ0) is 30.1. The second-order valence-corrected chi connectivity index (χ2v) is 12.2. The van der Waals surface area contributed by atoms with Gasteiger partial charge in [0, 0.05) is 23.4 Å². The number of benzene rings is 2. The number of fused-ring (bicyclic) bond motifs is 1. The predicted molar refractivity (Wildman–Crippen MR) is 168 cm³/mol. The number of halogens is 1. The Morgan fingerprint density at radius 1 is 1.14 bits per heavy atom. The van der Waals surface area contributed by atoms with Crippen LogP contribution in [0, 0.1) is 6.92 Å². The van der Waals surface area contributed by atoms with E-state index in [0.717, 1.165) is 22.9 Å². The lowest BCUT2D eigenvalue weighted by Gasteiger charge is -2.25. The van der Waals surface area contributed by atoms with Crippen molar-refractivity contribution in [3.63, 3.8) is 0 Å². The third kappa shape index (κ3) is 5.85. The van der Waals surface area contributed by atoms with E-state index in [4.69, 9.17) is 14.1 Å². The fourth-order valence-corrected chi connectivity index (χ4v) is 7.06. The van der Waals surface area contributed by atoms with E-state index < -0.39 is 12.0 Å². The number of hydrogen-bond donors (Lipinski definition) is 1. The van der Waals surface area contributed by atoms with Gasteiger partial charge in [-0.1, -0.05) is 72.0 Å². The molecule has 0 radical (unpaired) electrons. The Hall–Kier alpha value is -4.26. The van der Waals surface area contributed by atoms with Gasteiger partial charge in [-0.2, -0.15) is 0 Å². The number of ether oxygens (including phenoxy) is 1. The largest absolute Gasteiger partial charge is 0.463 e. The molecule has 9 nitrogen and oxygen atoms in total. The van der Waals surface area contributed by atoms with Crippen molar-refractivity contribution < 1.29 is 13.9 Å². The van der Waals surface area contributed by atoms with Crippen LogP contribution in [0.4, 0.5) is 0 Å². The van der Waals surface area contributed by atoms with Crippen molar-refractivity contribution in [2.45, 2.75) is 30.1 Å². The second kappa shape index (κ2) is 12.2. The summed E-state index contributed by atoms with van der Waals surface area (Å²) in [4.78, 5) is 51.7. The van der Waals surface area contributed by atoms with Gasteiger partial charge in [-0.3, -0.25) is 14.2 Å². The number of furan rings is 1. The van der Waals surface area contributed by atoms with Crippen LogP contribution in [0.5, 0.6) is 0 Å². The van der Waals surface area contributed by atoms with Crippen molar-refractivity contribution in [1.29, 1.82) is 0 Å². The van der Waals surface area contributed by atoms with E-state index in [2.05, 4.69) is 25.9 Å². The lowest BCUT2D eigenvalue weighted by Crippen LogP contribution is -2.39. The normalized spacial score (nSPS) is 14.9. The number of carbonyl (C=O) groups is 1. The molecule has 6 rings (SSSR count). The topological polar surface area (TPSA) is 120 Å². The number of nitrogens with one attached hydrogen (secondary N) is 1. The molecular formula is C31H23BrN4O5S2. The molecular weight excluding hydrogens is 652 g/mol. The SMILES string of the molecule is CCOC(=O)C1=C(c2ccccc2)N=c2s/c(=C/c3cc(Br)c(Sc4nc(C)cc(=O)[nH]4)o3)c(=O)n2[C@H]1c1ccccc1. The molecule has 0 amide bonds. The number of rotatable bonds is 7. The van der Waals surface area contributed by atoms with E-state index in [0.29, 0.717) is 41.2 Å². The first kappa shape index (κ1) is 28.8. The highest BCUT2D eigenvalue weighted by atomic mass is 79.9. The van der Waals surface area contributed by atoms with Gasteiger partial charge in [-0.05, 0) is 53.2 Å². The van der Waals surface area contributed by atoms with Gasteiger partial charge >= 0.3 is 5.97 Å². The quantitative estimate of drug-likeness (QED) is 0.194. The van der Waals surface area contributed by atoms with Crippen molar-refractivity contribution in [3.05, 3.63) is 135 Å². The number of esters is 1. The van der Waals surface area contributed by atoms with Gasteiger partial charge in [0.15, 0.2) is 15.1 Å². The summed E-state index contributed by atoms with van der Waals surface area (Å²) in [5, 5.41) is 0.847. The lowest BCUT2D eigenvalue weighted by molar-refractivity contribution is -0.138. The molecule has 1 aliphatic heterocycles. The Labute approximate surface area is 261 Å². The van der Waals surface area contributed by atoms with Crippen molar-refractivity contribution in [1.82, 2.24) is 14.5 Å². The Morgan fingerprint density at radius 3 is 2.56 bits per heavy atom. The van der Waals surface area contributed by atoms with Gasteiger partial charge in [0.05, 0.1) is 32.9 Å². The zero-order valence-electron chi connectivity index (χ0n) is 22.9. The van der Waals surface area contributed by atoms with E-state index in [1.165, 1.54) is 17.4 Å². The van der Waals surface area contributed by atoms with Crippen molar-refractivity contribution in [2.24, 2.45) is 4.99 Å². The summed E-state index contributed by atoms with van der Waals surface area (Å²) in [5.41, 5.74) is 2.24. The standard InChI is InChI=1S/C31H23BrN4O5S2/c1-3-40-28(39)24-25(18-10-6-4-7-11-18)35-31-36(26(24)19-12-8-5-9-13-19)27(38)22(42-31)16-20-15-21(32)29(41-20)43-30-33-17(2)14-23(37)34-30/h4-16,26H,3H2,1-2H3,(H,33,34,37)/b22-16+/t26-/m0/s1. The molecule has 0 saturated heterocycles. The van der Waals surface area contributed by atoms with E-state index >= 15 is 0 Å². The number of hydrogen-bond acceptors (Lipinski definition) is 9. The first-order chi connectivity index (χ1) is 20.8. The third-order valence-corrected chi connectivity index (χ3v) is 9.18. The summed E-state index contributed by atoms with van der Waals surface area (Å²) in [7, 11) is 0. The summed E-state index contributed by atoms with van der Waals surface area (Å²) in [5.74, 6) is -0.119. The molecule has 216 valence electrons. The highest BCUT2D eigenvalue weighted by Crippen LogP contribution is 2.36. The Morgan fingerprint density at radius 2 is 1.86 bits per heavy atom. The number of aromatic nitrogens is 3. The molecule has 4 heterocycles. The predicted octanol–water partition coefficient (Wildman–Crippen LogP) is 4.83. The summed E-state index contributed by atoms with van der Waals surface area (Å²) >= 11 is 5.86. The van der Waals surface area contributed by atoms with Gasteiger partial charge in [0.1, 0.15) is 5.76 Å². The zero-order valence-corrected chi connectivity index (χ0v) is 26.1. The Bertz CT molecular complexity index is 2110. The molecule has 5 aromatic rings. The fraction of sp³-hybridized carbons (Fsp3) is 0.129. The molecule has 0 saturated carbocycles. The highest BCUT2D eigenvalue weighted by Gasteiger charge is 2.35. The van der Waals surface area contributed by atoms with Crippen LogP contribution >= 0.6 is 39.0 Å². The van der Waals surface area contributed by atoms with Crippen molar-refractivity contribution in [3.8, 4) is 0 Å². The molecule has 1 N–H and O–H groups in total. The summed E-state index contributed by atoms with van der Waals surface area (Å²) in [6.07, 6.45) is 1.64. The third-order valence-electron chi connectivity index (χ3n) is 6.47. The minimum absolute atomic E-state index is 0.177. The van der Waals surface area contributed by atoms with E-state index in [-0.39, 0.29) is 23.3 Å². The maximum absolute atomic E-state index is 14.0. The lowest BCUT2D eigenvalue weighted by atomic mass is 9.93. The number of carbonyl (C=O) groups excluding carboxylic acids is 1. The molecule has 1 aliphatic rings. The maximum Gasteiger partial charge on any atom is 0.338 e. The first-order valence-corrected chi connectivity index (χ1v) is 15.6. The number of aryl methyl sites for hydroxylation is 1. The van der Waals surface area contributed by atoms with Crippen LogP contribution in [0.3, 0.4) is 0 Å². The Balaban J connectivity index is 1.51.